The molecule has 2 aliphatic rings. The van der Waals surface area contributed by atoms with E-state index in [-0.39, 0.29) is 5.41 Å². The Balaban J connectivity index is 1.69. The van der Waals surface area contributed by atoms with Gasteiger partial charge in [-0.1, -0.05) is 117 Å². The second kappa shape index (κ2) is 8.98. The summed E-state index contributed by atoms with van der Waals surface area (Å²) >= 11 is 0. The first-order chi connectivity index (χ1) is 18.7. The Morgan fingerprint density at radius 2 is 1.42 bits per heavy atom. The predicted octanol–water partition coefficient (Wildman–Crippen LogP) is 11.1. The zero-order valence-corrected chi connectivity index (χ0v) is 22.7. The van der Waals surface area contributed by atoms with Crippen LogP contribution < -0.4 is 0 Å². The molecule has 0 aromatic heterocycles. The van der Waals surface area contributed by atoms with Gasteiger partial charge in [0.1, 0.15) is 0 Å². The second-order valence-electron chi connectivity index (χ2n) is 11.6. The summed E-state index contributed by atoms with van der Waals surface area (Å²) in [5, 5.41) is 8.20. The molecule has 2 aliphatic carbocycles. The Hall–Kier alpha value is -3.64. The van der Waals surface area contributed by atoms with Gasteiger partial charge in [0.15, 0.2) is 0 Å². The lowest BCUT2D eigenvalue weighted by Crippen LogP contribution is -2.28. The summed E-state index contributed by atoms with van der Waals surface area (Å²) in [5.41, 5.74) is 10.1. The average Bonchev–Trinajstić information content (AvgIpc) is 3.21. The molecule has 0 atom stereocenters. The van der Waals surface area contributed by atoms with Crippen molar-refractivity contribution < 1.29 is 0 Å². The van der Waals surface area contributed by atoms with Crippen LogP contribution in [0.3, 0.4) is 0 Å². The van der Waals surface area contributed by atoms with Gasteiger partial charge >= 0.3 is 0 Å². The first kappa shape index (κ1) is 23.5. The lowest BCUT2D eigenvalue weighted by atomic mass is 9.66. The lowest BCUT2D eigenvalue weighted by molar-refractivity contribution is 0.375. The molecule has 0 unspecified atom stereocenters. The highest BCUT2D eigenvalue weighted by Gasteiger charge is 2.46. The Kier molecular flexibility index (Phi) is 5.55. The molecule has 0 heteroatoms. The van der Waals surface area contributed by atoms with Crippen LogP contribution in [0.4, 0.5) is 0 Å². The zero-order valence-electron chi connectivity index (χ0n) is 22.7. The van der Waals surface area contributed by atoms with Crippen molar-refractivity contribution >= 4 is 44.5 Å². The third-order valence-corrected chi connectivity index (χ3v) is 9.40. The molecule has 0 radical (unpaired) electrons. The van der Waals surface area contributed by atoms with Gasteiger partial charge in [0.2, 0.25) is 0 Å². The Bertz CT molecular complexity index is 1770. The van der Waals surface area contributed by atoms with Crippen molar-refractivity contribution in [2.45, 2.75) is 64.2 Å². The largest absolute Gasteiger partial charge is 0.0984 e. The van der Waals surface area contributed by atoms with Crippen LogP contribution in [0, 0.1) is 6.92 Å². The van der Waals surface area contributed by atoms with Crippen LogP contribution in [-0.4, -0.2) is 0 Å². The van der Waals surface area contributed by atoms with Crippen molar-refractivity contribution in [3.63, 3.8) is 0 Å². The van der Waals surface area contributed by atoms with Gasteiger partial charge < -0.3 is 0 Å². The molecule has 5 aromatic carbocycles. The minimum Gasteiger partial charge on any atom is -0.0984 e. The minimum absolute atomic E-state index is 0.0265. The van der Waals surface area contributed by atoms with Gasteiger partial charge in [0.25, 0.3) is 0 Å². The van der Waals surface area contributed by atoms with Gasteiger partial charge in [-0.25, -0.2) is 0 Å². The number of allylic oxidation sites excluding steroid dienone is 1. The molecular formula is C38H36. The highest BCUT2D eigenvalue weighted by atomic mass is 14.5. The summed E-state index contributed by atoms with van der Waals surface area (Å²) in [6.07, 6.45) is 15.7. The molecule has 0 saturated heterocycles. The fraction of sp³-hybridized carbons (Fsp3) is 0.263. The molecule has 0 nitrogen and oxygen atoms in total. The number of fused-ring (bicyclic) bond motifs is 10. The number of benzene rings is 5. The summed E-state index contributed by atoms with van der Waals surface area (Å²) in [6, 6.07) is 25.7. The SMILES string of the molecule is C=Cc1c(/C=C\C)c2c(c3ccccc13)-c1ccc3cc4ccc(C)cc4cc3c1C21CCCCCCC1. The van der Waals surface area contributed by atoms with Crippen LogP contribution in [-0.2, 0) is 5.41 Å². The van der Waals surface area contributed by atoms with E-state index in [1.54, 1.807) is 11.1 Å². The van der Waals surface area contributed by atoms with Crippen LogP contribution in [0.5, 0.6) is 0 Å². The van der Waals surface area contributed by atoms with Gasteiger partial charge in [-0.15, -0.1) is 0 Å². The lowest BCUT2D eigenvalue weighted by Gasteiger charge is -2.36. The highest BCUT2D eigenvalue weighted by Crippen LogP contribution is 2.60. The van der Waals surface area contributed by atoms with Gasteiger partial charge in [0.05, 0.1) is 0 Å². The third kappa shape index (κ3) is 3.29. The molecule has 0 amide bonds. The normalized spacial score (nSPS) is 16.7. The minimum atomic E-state index is 0.0265. The van der Waals surface area contributed by atoms with Gasteiger partial charge in [-0.2, -0.15) is 0 Å². The first-order valence-electron chi connectivity index (χ1n) is 14.5. The van der Waals surface area contributed by atoms with E-state index >= 15 is 0 Å². The summed E-state index contributed by atoms with van der Waals surface area (Å²) in [4.78, 5) is 0. The van der Waals surface area contributed by atoms with E-state index in [0.717, 1.165) is 0 Å². The van der Waals surface area contributed by atoms with Crippen molar-refractivity contribution in [2.24, 2.45) is 0 Å². The van der Waals surface area contributed by atoms with E-state index in [0.29, 0.717) is 0 Å². The first-order valence-corrected chi connectivity index (χ1v) is 14.5. The average molecular weight is 493 g/mol. The monoisotopic (exact) mass is 492 g/mol. The number of hydrogen-bond acceptors (Lipinski definition) is 0. The van der Waals surface area contributed by atoms with Gasteiger partial charge in [0, 0.05) is 5.41 Å². The maximum absolute atomic E-state index is 4.32. The zero-order chi connectivity index (χ0) is 25.9. The van der Waals surface area contributed by atoms with Gasteiger partial charge in [-0.3, -0.25) is 0 Å². The van der Waals surface area contributed by atoms with E-state index in [1.807, 2.05) is 0 Å². The molecule has 1 saturated carbocycles. The van der Waals surface area contributed by atoms with Crippen LogP contribution in [0.15, 0.2) is 79.4 Å². The fourth-order valence-electron chi connectivity index (χ4n) is 7.87. The van der Waals surface area contributed by atoms with Crippen molar-refractivity contribution in [3.8, 4) is 11.1 Å². The molecule has 5 aromatic rings. The fourth-order valence-corrected chi connectivity index (χ4v) is 7.87. The Morgan fingerprint density at radius 1 is 0.684 bits per heavy atom. The topological polar surface area (TPSA) is 0 Å². The van der Waals surface area contributed by atoms with Crippen molar-refractivity contribution in [1.29, 1.82) is 0 Å². The molecule has 1 spiro atoms. The summed E-state index contributed by atoms with van der Waals surface area (Å²) in [5.74, 6) is 0. The van der Waals surface area contributed by atoms with Crippen molar-refractivity contribution in [3.05, 3.63) is 107 Å². The number of hydrogen-bond donors (Lipinski definition) is 0. The quantitative estimate of drug-likeness (QED) is 0.215. The van der Waals surface area contributed by atoms with E-state index in [2.05, 4.69) is 105 Å². The summed E-state index contributed by atoms with van der Waals surface area (Å²) < 4.78 is 0. The third-order valence-electron chi connectivity index (χ3n) is 9.40. The number of rotatable bonds is 2. The second-order valence-corrected chi connectivity index (χ2v) is 11.6. The molecule has 188 valence electrons. The molecule has 0 bridgehead atoms. The molecule has 1 fully saturated rings. The molecule has 0 heterocycles. The Morgan fingerprint density at radius 3 is 2.18 bits per heavy atom. The van der Waals surface area contributed by atoms with Crippen molar-refractivity contribution in [2.75, 3.05) is 0 Å². The summed E-state index contributed by atoms with van der Waals surface area (Å²) in [7, 11) is 0. The maximum Gasteiger partial charge on any atom is 0.0227 e. The molecule has 0 aliphatic heterocycles. The molecule has 7 rings (SSSR count). The van der Waals surface area contributed by atoms with Crippen LogP contribution >= 0.6 is 0 Å². The standard InChI is InChI=1S/C38H36/c1-4-13-32-29(5-2)30-14-9-10-15-31(30)35-33-19-18-27-23-26-17-16-25(3)22-28(26)24-34(27)36(33)38(37(32)35)20-11-7-6-8-12-21-38/h4-5,9-10,13-19,22-24H,2,6-8,11-12,20-21H2,1,3H3/b13-4-. The van der Waals surface area contributed by atoms with E-state index in [9.17, 15) is 0 Å². The highest BCUT2D eigenvalue weighted by molar-refractivity contribution is 6.12. The van der Waals surface area contributed by atoms with E-state index < -0.39 is 0 Å². The molecular weight excluding hydrogens is 456 g/mol. The Labute approximate surface area is 226 Å². The molecule has 38 heavy (non-hydrogen) atoms. The van der Waals surface area contributed by atoms with Crippen molar-refractivity contribution in [1.82, 2.24) is 0 Å². The van der Waals surface area contributed by atoms with E-state index in [4.69, 9.17) is 0 Å². The van der Waals surface area contributed by atoms with Crippen LogP contribution in [0.1, 0.15) is 79.7 Å². The van der Waals surface area contributed by atoms with Crippen LogP contribution in [0.25, 0.3) is 55.6 Å². The number of aryl methyl sites for hydroxylation is 1. The summed E-state index contributed by atoms with van der Waals surface area (Å²) in [6.45, 7) is 8.69. The van der Waals surface area contributed by atoms with E-state index in [1.165, 1.54) is 105 Å². The smallest absolute Gasteiger partial charge is 0.0227 e. The maximum atomic E-state index is 4.32. The predicted molar refractivity (Wildman–Crippen MR) is 167 cm³/mol. The molecule has 0 N–H and O–H groups in total. The van der Waals surface area contributed by atoms with Gasteiger partial charge in [-0.05, 0) is 105 Å². The van der Waals surface area contributed by atoms with Crippen LogP contribution in [0.2, 0.25) is 0 Å².